The molecular formula is C21H23N5O2S. The van der Waals surface area contributed by atoms with Crippen molar-refractivity contribution in [2.24, 2.45) is 7.05 Å². The molecule has 4 aromatic rings. The Balaban J connectivity index is 1.58. The Hall–Kier alpha value is -3.00. The summed E-state index contributed by atoms with van der Waals surface area (Å²) >= 11 is 1.47. The van der Waals surface area contributed by atoms with Crippen molar-refractivity contribution in [1.82, 2.24) is 19.1 Å². The van der Waals surface area contributed by atoms with E-state index in [0.717, 1.165) is 21.3 Å². The summed E-state index contributed by atoms with van der Waals surface area (Å²) in [7, 11) is 1.68. The topological polar surface area (TPSA) is 81.8 Å². The second-order valence-corrected chi connectivity index (χ2v) is 9.30. The van der Waals surface area contributed by atoms with Crippen LogP contribution in [0.2, 0.25) is 0 Å². The lowest BCUT2D eigenvalue weighted by atomic mass is 9.87. The van der Waals surface area contributed by atoms with Crippen molar-refractivity contribution in [3.63, 3.8) is 0 Å². The molecule has 29 heavy (non-hydrogen) atoms. The highest BCUT2D eigenvalue weighted by Gasteiger charge is 2.17. The Morgan fingerprint density at radius 1 is 1.24 bits per heavy atom. The number of thiazole rings is 1. The summed E-state index contributed by atoms with van der Waals surface area (Å²) < 4.78 is 4.29. The van der Waals surface area contributed by atoms with Crippen molar-refractivity contribution in [3.05, 3.63) is 52.1 Å². The number of nitrogens with one attached hydrogen (secondary N) is 1. The van der Waals surface area contributed by atoms with Crippen molar-refractivity contribution in [2.75, 3.05) is 5.32 Å². The van der Waals surface area contributed by atoms with Crippen LogP contribution in [0.1, 0.15) is 31.9 Å². The van der Waals surface area contributed by atoms with Crippen LogP contribution in [-0.2, 0) is 23.8 Å². The third-order valence-electron chi connectivity index (χ3n) is 4.99. The minimum absolute atomic E-state index is 0.0576. The smallest absolute Gasteiger partial charge is 0.252 e. The van der Waals surface area contributed by atoms with Crippen molar-refractivity contribution in [2.45, 2.75) is 39.7 Å². The lowest BCUT2D eigenvalue weighted by Crippen LogP contribution is -2.20. The first-order chi connectivity index (χ1) is 13.6. The Bertz CT molecular complexity index is 1310. The van der Waals surface area contributed by atoms with Gasteiger partial charge in [0.25, 0.3) is 5.56 Å². The van der Waals surface area contributed by atoms with Gasteiger partial charge in [0.05, 0.1) is 22.1 Å². The number of carbonyl (C=O) groups is 1. The molecule has 0 saturated carbocycles. The first-order valence-electron chi connectivity index (χ1n) is 9.36. The lowest BCUT2D eigenvalue weighted by molar-refractivity contribution is -0.116. The number of aryl methyl sites for hydroxylation is 2. The van der Waals surface area contributed by atoms with Gasteiger partial charge in [0.1, 0.15) is 6.54 Å². The second kappa shape index (κ2) is 6.81. The third-order valence-corrected chi connectivity index (χ3v) is 5.93. The maximum absolute atomic E-state index is 12.6. The number of carbonyl (C=O) groups excluding carboxylic acids is 1. The molecule has 0 bridgehead atoms. The van der Waals surface area contributed by atoms with E-state index in [0.29, 0.717) is 10.8 Å². The van der Waals surface area contributed by atoms with Crippen LogP contribution < -0.4 is 10.9 Å². The van der Waals surface area contributed by atoms with Crippen molar-refractivity contribution in [3.8, 4) is 0 Å². The highest BCUT2D eigenvalue weighted by atomic mass is 32.1. The fourth-order valence-corrected chi connectivity index (χ4v) is 4.27. The first-order valence-corrected chi connectivity index (χ1v) is 10.2. The van der Waals surface area contributed by atoms with E-state index < -0.39 is 0 Å². The van der Waals surface area contributed by atoms with Gasteiger partial charge in [-0.05, 0) is 35.6 Å². The van der Waals surface area contributed by atoms with Crippen LogP contribution in [0.5, 0.6) is 0 Å². The fourth-order valence-electron chi connectivity index (χ4n) is 3.35. The molecule has 7 nitrogen and oxygen atoms in total. The first kappa shape index (κ1) is 19.3. The number of hydrogen-bond acceptors (Lipinski definition) is 5. The van der Waals surface area contributed by atoms with E-state index in [1.807, 2.05) is 13.0 Å². The van der Waals surface area contributed by atoms with Crippen LogP contribution in [0.3, 0.4) is 0 Å². The summed E-state index contributed by atoms with van der Waals surface area (Å²) in [5.74, 6) is -0.187. The quantitative estimate of drug-likeness (QED) is 0.561. The van der Waals surface area contributed by atoms with Crippen molar-refractivity contribution >= 4 is 43.8 Å². The minimum Gasteiger partial charge on any atom is -0.320 e. The Labute approximate surface area is 172 Å². The summed E-state index contributed by atoms with van der Waals surface area (Å²) in [6.45, 7) is 8.46. The number of imidazole rings is 1. The number of benzene rings is 1. The molecule has 0 aliphatic rings. The standard InChI is InChI=1S/C21H23N5O2S/c1-12-8-17(28)25(5)19-18(12)26(11-22-19)10-16(27)24-20-23-14-7-6-13(21(2,3)4)9-15(14)29-20/h6-9,11H,10H2,1-5H3,(H,23,24,27). The molecule has 0 spiro atoms. The summed E-state index contributed by atoms with van der Waals surface area (Å²) in [6, 6.07) is 7.77. The monoisotopic (exact) mass is 409 g/mol. The fraction of sp³-hybridized carbons (Fsp3) is 0.333. The Kier molecular flexibility index (Phi) is 4.53. The van der Waals surface area contributed by atoms with Crippen molar-refractivity contribution in [1.29, 1.82) is 0 Å². The molecule has 3 heterocycles. The van der Waals surface area contributed by atoms with Gasteiger partial charge in [0.15, 0.2) is 10.8 Å². The predicted molar refractivity (Wildman–Crippen MR) is 117 cm³/mol. The number of fused-ring (bicyclic) bond motifs is 2. The average molecular weight is 410 g/mol. The molecule has 3 aromatic heterocycles. The number of anilines is 1. The summed E-state index contributed by atoms with van der Waals surface area (Å²) in [5.41, 5.74) is 4.19. The molecular weight excluding hydrogens is 386 g/mol. The van der Waals surface area contributed by atoms with E-state index in [9.17, 15) is 9.59 Å². The van der Waals surface area contributed by atoms with Gasteiger partial charge in [-0.3, -0.25) is 14.2 Å². The van der Waals surface area contributed by atoms with E-state index in [4.69, 9.17) is 0 Å². The van der Waals surface area contributed by atoms with Gasteiger partial charge in [-0.2, -0.15) is 0 Å². The summed E-state index contributed by atoms with van der Waals surface area (Å²) in [6.07, 6.45) is 1.59. The average Bonchev–Trinajstić information content (AvgIpc) is 3.22. The largest absolute Gasteiger partial charge is 0.320 e. The van der Waals surface area contributed by atoms with E-state index >= 15 is 0 Å². The molecule has 1 N–H and O–H groups in total. The second-order valence-electron chi connectivity index (χ2n) is 8.27. The maximum atomic E-state index is 12.6. The van der Waals surface area contributed by atoms with Gasteiger partial charge in [-0.1, -0.05) is 38.2 Å². The molecule has 4 rings (SSSR count). The molecule has 1 aromatic carbocycles. The molecule has 0 saturated heterocycles. The molecule has 0 aliphatic heterocycles. The van der Waals surface area contributed by atoms with Crippen LogP contribution in [0, 0.1) is 6.92 Å². The van der Waals surface area contributed by atoms with Gasteiger partial charge in [-0.15, -0.1) is 0 Å². The number of amides is 1. The van der Waals surface area contributed by atoms with Crippen molar-refractivity contribution < 1.29 is 4.79 Å². The molecule has 0 atom stereocenters. The Morgan fingerprint density at radius 3 is 2.72 bits per heavy atom. The van der Waals surface area contributed by atoms with Crippen LogP contribution in [0.25, 0.3) is 21.4 Å². The molecule has 8 heteroatoms. The number of aromatic nitrogens is 4. The minimum atomic E-state index is -0.187. The zero-order valence-corrected chi connectivity index (χ0v) is 17.9. The molecule has 0 radical (unpaired) electrons. The molecule has 1 amide bonds. The zero-order chi connectivity index (χ0) is 20.9. The van der Waals surface area contributed by atoms with E-state index in [1.54, 1.807) is 24.0 Å². The SMILES string of the molecule is Cc1cc(=O)n(C)c2ncn(CC(=O)Nc3nc4ccc(C(C)(C)C)cc4s3)c12. The van der Waals surface area contributed by atoms with Gasteiger partial charge in [-0.25, -0.2) is 9.97 Å². The van der Waals surface area contributed by atoms with E-state index in [1.165, 1.54) is 21.5 Å². The number of nitrogens with zero attached hydrogens (tertiary/aromatic N) is 4. The van der Waals surface area contributed by atoms with Gasteiger partial charge in [0.2, 0.25) is 5.91 Å². The van der Waals surface area contributed by atoms with Crippen LogP contribution in [0.4, 0.5) is 5.13 Å². The third kappa shape index (κ3) is 3.55. The highest BCUT2D eigenvalue weighted by Crippen LogP contribution is 2.31. The Morgan fingerprint density at radius 2 is 2.00 bits per heavy atom. The van der Waals surface area contributed by atoms with Crippen LogP contribution in [0.15, 0.2) is 35.4 Å². The molecule has 150 valence electrons. The van der Waals surface area contributed by atoms with E-state index in [-0.39, 0.29) is 23.4 Å². The summed E-state index contributed by atoms with van der Waals surface area (Å²) in [5, 5.41) is 3.46. The number of rotatable bonds is 3. The molecule has 0 fully saturated rings. The zero-order valence-electron chi connectivity index (χ0n) is 17.1. The van der Waals surface area contributed by atoms with Gasteiger partial charge >= 0.3 is 0 Å². The number of hydrogen-bond donors (Lipinski definition) is 1. The maximum Gasteiger partial charge on any atom is 0.252 e. The number of pyridine rings is 1. The van der Waals surface area contributed by atoms with E-state index in [2.05, 4.69) is 48.2 Å². The normalized spacial score (nSPS) is 12.0. The molecule has 0 aliphatic carbocycles. The van der Waals surface area contributed by atoms with Crippen LogP contribution >= 0.6 is 11.3 Å². The summed E-state index contributed by atoms with van der Waals surface area (Å²) in [4.78, 5) is 33.4. The van der Waals surface area contributed by atoms with Gasteiger partial charge in [0, 0.05) is 13.1 Å². The molecule has 0 unspecified atom stereocenters. The lowest BCUT2D eigenvalue weighted by Gasteiger charge is -2.18. The van der Waals surface area contributed by atoms with Crippen LogP contribution in [-0.4, -0.2) is 25.0 Å². The highest BCUT2D eigenvalue weighted by molar-refractivity contribution is 7.22. The predicted octanol–water partition coefficient (Wildman–Crippen LogP) is 3.59. The van der Waals surface area contributed by atoms with Gasteiger partial charge < -0.3 is 9.88 Å².